The summed E-state index contributed by atoms with van der Waals surface area (Å²) in [6.45, 7) is 5.79. The first-order chi connectivity index (χ1) is 23.6. The van der Waals surface area contributed by atoms with Gasteiger partial charge in [-0.1, -0.05) is 105 Å². The lowest BCUT2D eigenvalue weighted by Gasteiger charge is -2.30. The molecule has 0 saturated heterocycles. The van der Waals surface area contributed by atoms with Crippen molar-refractivity contribution in [1.82, 2.24) is 19.6 Å². The van der Waals surface area contributed by atoms with E-state index >= 15 is 0 Å². The number of aliphatic hydroxyl groups excluding tert-OH is 1. The number of nitrogens with zero attached hydrogens (tertiary/aromatic N) is 2. The summed E-state index contributed by atoms with van der Waals surface area (Å²) in [5, 5.41) is 14.5. The number of hydrogen-bond donors (Lipinski definition) is 3. The van der Waals surface area contributed by atoms with Gasteiger partial charge in [-0.2, -0.15) is 4.31 Å². The number of hydrogen-bond acceptors (Lipinski definition) is 6. The van der Waals surface area contributed by atoms with Crippen molar-refractivity contribution in [2.75, 3.05) is 19.7 Å². The van der Waals surface area contributed by atoms with Crippen molar-refractivity contribution >= 4 is 16.1 Å². The Labute approximate surface area is 288 Å². The summed E-state index contributed by atoms with van der Waals surface area (Å²) in [4.78, 5) is 21.0. The maximum Gasteiger partial charge on any atom is 0.407 e. The molecule has 1 heterocycles. The van der Waals surface area contributed by atoms with Gasteiger partial charge in [-0.15, -0.1) is 0 Å². The monoisotopic (exact) mass is 678 g/mol. The van der Waals surface area contributed by atoms with Crippen LogP contribution in [0.15, 0.2) is 114 Å². The molecule has 0 saturated carbocycles. The molecule has 1 aromatic heterocycles. The van der Waals surface area contributed by atoms with Gasteiger partial charge in [-0.05, 0) is 59.2 Å². The SMILES string of the molecule is Cc1nc(-c2ccc(S(=O)(=O)N(CC(C)C)C[C@@H](O)[C@H](Cc3ccccc3)NC(=O)OCC3c4ccccc4-c4ccccc43)cc2)c[nH]1. The van der Waals surface area contributed by atoms with Crippen LogP contribution < -0.4 is 5.32 Å². The number of aromatic nitrogens is 2. The highest BCUT2D eigenvalue weighted by Gasteiger charge is 2.33. The Morgan fingerprint density at radius 3 is 2.10 bits per heavy atom. The van der Waals surface area contributed by atoms with Crippen LogP contribution in [-0.4, -0.2) is 65.7 Å². The maximum absolute atomic E-state index is 14.0. The number of ether oxygens (including phenoxy) is 1. The Hall–Kier alpha value is -4.77. The Balaban J connectivity index is 1.19. The molecule has 49 heavy (non-hydrogen) atoms. The van der Waals surface area contributed by atoms with Crippen molar-refractivity contribution in [3.63, 3.8) is 0 Å². The second-order valence-electron chi connectivity index (χ2n) is 12.9. The molecule has 10 heteroatoms. The molecule has 0 fully saturated rings. The lowest BCUT2D eigenvalue weighted by atomic mass is 9.98. The fourth-order valence-corrected chi connectivity index (χ4v) is 8.09. The molecule has 9 nitrogen and oxygen atoms in total. The zero-order valence-corrected chi connectivity index (χ0v) is 28.7. The van der Waals surface area contributed by atoms with Crippen LogP contribution in [0.5, 0.6) is 0 Å². The van der Waals surface area contributed by atoms with E-state index in [2.05, 4.69) is 39.6 Å². The van der Waals surface area contributed by atoms with Crippen LogP contribution in [0.2, 0.25) is 0 Å². The lowest BCUT2D eigenvalue weighted by Crippen LogP contribution is -2.51. The van der Waals surface area contributed by atoms with Crippen LogP contribution in [0.3, 0.4) is 0 Å². The van der Waals surface area contributed by atoms with E-state index in [1.54, 1.807) is 30.5 Å². The summed E-state index contributed by atoms with van der Waals surface area (Å²) in [5.74, 6) is 0.627. The number of alkyl carbamates (subject to hydrolysis) is 1. The van der Waals surface area contributed by atoms with E-state index in [9.17, 15) is 18.3 Å². The standard InChI is InChI=1S/C39H42N4O5S/c1-26(2)23-43(49(46,47)30-19-17-29(18-20-30)37-22-40-27(3)41-37)24-38(44)36(21-28-11-5-4-6-12-28)42-39(45)48-25-35-33-15-9-7-13-31(33)32-14-8-10-16-34(32)35/h4-20,22,26,35-36,38,44H,21,23-25H2,1-3H3,(H,40,41)(H,42,45)/t36-,38+/m0/s1. The molecule has 3 N–H and O–H groups in total. The Bertz CT molecular complexity index is 1950. The van der Waals surface area contributed by atoms with Gasteiger partial charge in [0, 0.05) is 30.8 Å². The maximum atomic E-state index is 14.0. The summed E-state index contributed by atoms with van der Waals surface area (Å²) in [6, 6.07) is 31.4. The van der Waals surface area contributed by atoms with Gasteiger partial charge in [0.25, 0.3) is 0 Å². The number of nitrogens with one attached hydrogen (secondary N) is 2. The average Bonchev–Trinajstić information content (AvgIpc) is 3.68. The zero-order chi connectivity index (χ0) is 34.5. The minimum atomic E-state index is -4.00. The number of carbonyl (C=O) groups excluding carboxylic acids is 1. The topological polar surface area (TPSA) is 125 Å². The number of sulfonamides is 1. The van der Waals surface area contributed by atoms with Crippen molar-refractivity contribution in [2.45, 2.75) is 50.2 Å². The summed E-state index contributed by atoms with van der Waals surface area (Å²) in [5.41, 5.74) is 6.84. The zero-order valence-electron chi connectivity index (χ0n) is 27.9. The van der Waals surface area contributed by atoms with Gasteiger partial charge < -0.3 is 20.1 Å². The molecule has 254 valence electrons. The highest BCUT2D eigenvalue weighted by atomic mass is 32.2. The molecule has 0 radical (unpaired) electrons. The van der Waals surface area contributed by atoms with Crippen molar-refractivity contribution in [2.24, 2.45) is 5.92 Å². The fraction of sp³-hybridized carbons (Fsp3) is 0.282. The molecule has 0 unspecified atom stereocenters. The number of aryl methyl sites for hydroxylation is 1. The third-order valence-electron chi connectivity index (χ3n) is 8.86. The van der Waals surface area contributed by atoms with E-state index in [1.165, 1.54) is 4.31 Å². The van der Waals surface area contributed by atoms with E-state index in [0.717, 1.165) is 44.9 Å². The van der Waals surface area contributed by atoms with E-state index in [0.29, 0.717) is 0 Å². The third-order valence-corrected chi connectivity index (χ3v) is 10.7. The quantitative estimate of drug-likeness (QED) is 0.130. The average molecular weight is 679 g/mol. The van der Waals surface area contributed by atoms with Crippen LogP contribution in [0, 0.1) is 12.8 Å². The number of fused-ring (bicyclic) bond motifs is 3. The molecule has 0 bridgehead atoms. The van der Waals surface area contributed by atoms with Gasteiger partial charge in [-0.25, -0.2) is 18.2 Å². The third kappa shape index (κ3) is 7.77. The lowest BCUT2D eigenvalue weighted by molar-refractivity contribution is 0.0885. The van der Waals surface area contributed by atoms with Gasteiger partial charge in [0.1, 0.15) is 12.4 Å². The summed E-state index contributed by atoms with van der Waals surface area (Å²) in [6.07, 6.45) is 0.140. The van der Waals surface area contributed by atoms with Crippen molar-refractivity contribution < 1.29 is 23.1 Å². The Kier molecular flexibility index (Phi) is 10.3. The first-order valence-electron chi connectivity index (χ1n) is 16.6. The summed E-state index contributed by atoms with van der Waals surface area (Å²) >= 11 is 0. The van der Waals surface area contributed by atoms with Crippen molar-refractivity contribution in [3.8, 4) is 22.4 Å². The van der Waals surface area contributed by atoms with E-state index in [-0.39, 0.29) is 42.8 Å². The Morgan fingerprint density at radius 1 is 0.898 bits per heavy atom. The molecule has 0 aliphatic heterocycles. The molecular formula is C39H42N4O5S. The normalized spacial score (nSPS) is 14.0. The van der Waals surface area contributed by atoms with Gasteiger partial charge in [0.05, 0.1) is 22.7 Å². The molecule has 1 aliphatic rings. The number of H-pyrrole nitrogens is 1. The van der Waals surface area contributed by atoms with Gasteiger partial charge in [-0.3, -0.25) is 0 Å². The van der Waals surface area contributed by atoms with E-state index in [1.807, 2.05) is 75.4 Å². The predicted molar refractivity (Wildman–Crippen MR) is 191 cm³/mol. The van der Waals surface area contributed by atoms with Crippen molar-refractivity contribution in [1.29, 1.82) is 0 Å². The highest BCUT2D eigenvalue weighted by molar-refractivity contribution is 7.89. The van der Waals surface area contributed by atoms with E-state index in [4.69, 9.17) is 4.74 Å². The number of benzene rings is 4. The second-order valence-corrected chi connectivity index (χ2v) is 14.9. The first kappa shape index (κ1) is 34.1. The number of carbonyl (C=O) groups is 1. The van der Waals surface area contributed by atoms with Crippen LogP contribution in [0.25, 0.3) is 22.4 Å². The number of imidazole rings is 1. The summed E-state index contributed by atoms with van der Waals surface area (Å²) < 4.78 is 35.1. The number of amides is 1. The molecule has 1 aliphatic carbocycles. The molecule has 6 rings (SSSR count). The minimum Gasteiger partial charge on any atom is -0.449 e. The smallest absolute Gasteiger partial charge is 0.407 e. The number of rotatable bonds is 13. The molecular weight excluding hydrogens is 637 g/mol. The predicted octanol–water partition coefficient (Wildman–Crippen LogP) is 6.54. The van der Waals surface area contributed by atoms with Gasteiger partial charge >= 0.3 is 6.09 Å². The van der Waals surface area contributed by atoms with Crippen LogP contribution in [-0.2, 0) is 21.2 Å². The Morgan fingerprint density at radius 2 is 1.51 bits per heavy atom. The number of aliphatic hydroxyl groups is 1. The molecule has 2 atom stereocenters. The molecule has 4 aromatic carbocycles. The van der Waals surface area contributed by atoms with Crippen molar-refractivity contribution in [3.05, 3.63) is 132 Å². The minimum absolute atomic E-state index is 0.0176. The highest BCUT2D eigenvalue weighted by Crippen LogP contribution is 2.44. The largest absolute Gasteiger partial charge is 0.449 e. The molecule has 1 amide bonds. The van der Waals surface area contributed by atoms with Crippen LogP contribution >= 0.6 is 0 Å². The van der Waals surface area contributed by atoms with E-state index < -0.39 is 28.3 Å². The second kappa shape index (κ2) is 14.8. The van der Waals surface area contributed by atoms with Crippen LogP contribution in [0.1, 0.15) is 42.3 Å². The summed E-state index contributed by atoms with van der Waals surface area (Å²) in [7, 11) is -4.00. The van der Waals surface area contributed by atoms with Crippen LogP contribution in [0.4, 0.5) is 4.79 Å². The molecule has 5 aromatic rings. The number of aromatic amines is 1. The van der Waals surface area contributed by atoms with Gasteiger partial charge in [0.2, 0.25) is 10.0 Å². The molecule has 0 spiro atoms. The fourth-order valence-electron chi connectivity index (χ4n) is 6.47. The van der Waals surface area contributed by atoms with Gasteiger partial charge in [0.15, 0.2) is 0 Å². The first-order valence-corrected chi connectivity index (χ1v) is 18.0.